The Morgan fingerprint density at radius 1 is 0.682 bits per heavy atom. The van der Waals surface area contributed by atoms with Gasteiger partial charge in [0.05, 0.1) is 0 Å². The van der Waals surface area contributed by atoms with Crippen LogP contribution in [-0.4, -0.2) is 13.1 Å². The molecule has 1 saturated heterocycles. The van der Waals surface area contributed by atoms with Gasteiger partial charge in [-0.1, -0.05) is 99.3 Å². The molecular weight excluding hydrogens is 266 g/mol. The van der Waals surface area contributed by atoms with Crippen LogP contribution >= 0.6 is 0 Å². The van der Waals surface area contributed by atoms with Gasteiger partial charge in [-0.15, -0.1) is 0 Å². The van der Waals surface area contributed by atoms with Gasteiger partial charge < -0.3 is 5.32 Å². The van der Waals surface area contributed by atoms with E-state index in [2.05, 4.69) is 46.9 Å². The standard InChI is InChI=1S/C9H20.C8H18.C4H9N/c1-4-6-7-8-9(3)5-2;1-4-6-7-8(3)5-2;1-2-4-5-3-1/h9H,4-8H2,1-3H3;8H,4-7H2,1-3H3;5H,1-4H2. The van der Waals surface area contributed by atoms with Crippen LogP contribution in [0.3, 0.4) is 0 Å². The van der Waals surface area contributed by atoms with Crippen molar-refractivity contribution in [3.63, 3.8) is 0 Å². The van der Waals surface area contributed by atoms with Crippen molar-refractivity contribution in [2.24, 2.45) is 11.8 Å². The minimum Gasteiger partial charge on any atom is -0.317 e. The Labute approximate surface area is 143 Å². The van der Waals surface area contributed by atoms with E-state index in [-0.39, 0.29) is 0 Å². The summed E-state index contributed by atoms with van der Waals surface area (Å²) in [5.41, 5.74) is 0. The third-order valence-corrected chi connectivity index (χ3v) is 4.70. The molecule has 1 aliphatic heterocycles. The first-order valence-corrected chi connectivity index (χ1v) is 10.3. The molecule has 2 unspecified atom stereocenters. The molecular formula is C21H47N. The van der Waals surface area contributed by atoms with Crippen LogP contribution in [0.25, 0.3) is 0 Å². The number of rotatable bonds is 9. The average Bonchev–Trinajstić information content (AvgIpc) is 3.13. The third-order valence-electron chi connectivity index (χ3n) is 4.70. The lowest BCUT2D eigenvalue weighted by atomic mass is 10.0. The quantitative estimate of drug-likeness (QED) is 0.443. The van der Waals surface area contributed by atoms with E-state index >= 15 is 0 Å². The van der Waals surface area contributed by atoms with Crippen LogP contribution in [-0.2, 0) is 0 Å². The zero-order valence-corrected chi connectivity index (χ0v) is 16.8. The molecule has 0 aromatic heterocycles. The Kier molecular flexibility index (Phi) is 23.1. The minimum absolute atomic E-state index is 0.954. The maximum absolute atomic E-state index is 3.22. The molecule has 0 aromatic carbocycles. The fraction of sp³-hybridized carbons (Fsp3) is 1.00. The number of unbranched alkanes of at least 4 members (excludes halogenated alkanes) is 3. The van der Waals surface area contributed by atoms with Gasteiger partial charge in [-0.25, -0.2) is 0 Å². The van der Waals surface area contributed by atoms with Gasteiger partial charge in [-0.2, -0.15) is 0 Å². The lowest BCUT2D eigenvalue weighted by Gasteiger charge is -2.05. The first-order valence-electron chi connectivity index (χ1n) is 10.3. The molecule has 1 heteroatoms. The highest BCUT2D eigenvalue weighted by Crippen LogP contribution is 2.11. The van der Waals surface area contributed by atoms with Crippen LogP contribution in [0.2, 0.25) is 0 Å². The lowest BCUT2D eigenvalue weighted by molar-refractivity contribution is 0.482. The highest BCUT2D eigenvalue weighted by atomic mass is 14.9. The predicted octanol–water partition coefficient (Wildman–Crippen LogP) is 7.21. The molecule has 0 radical (unpaired) electrons. The predicted molar refractivity (Wildman–Crippen MR) is 105 cm³/mol. The molecule has 0 amide bonds. The first kappa shape index (κ1) is 24.2. The average molecular weight is 314 g/mol. The lowest BCUT2D eigenvalue weighted by Crippen LogP contribution is -2.03. The Bertz CT molecular complexity index is 167. The van der Waals surface area contributed by atoms with Crippen LogP contribution in [0.1, 0.15) is 112 Å². The molecule has 1 nitrogen and oxygen atoms in total. The van der Waals surface area contributed by atoms with Crippen molar-refractivity contribution in [3.05, 3.63) is 0 Å². The molecule has 0 bridgehead atoms. The smallest absolute Gasteiger partial charge is 0.00484 e. The van der Waals surface area contributed by atoms with Crippen molar-refractivity contribution < 1.29 is 0 Å². The number of hydrogen-bond donors (Lipinski definition) is 1. The maximum atomic E-state index is 3.22. The Hall–Kier alpha value is -0.0400. The molecule has 1 aliphatic rings. The molecule has 22 heavy (non-hydrogen) atoms. The highest BCUT2D eigenvalue weighted by molar-refractivity contribution is 4.55. The summed E-state index contributed by atoms with van der Waals surface area (Å²) in [6.07, 6.45) is 15.3. The van der Waals surface area contributed by atoms with Gasteiger partial charge in [0, 0.05) is 0 Å². The van der Waals surface area contributed by atoms with Gasteiger partial charge in [0.15, 0.2) is 0 Å². The van der Waals surface area contributed by atoms with Gasteiger partial charge in [0.2, 0.25) is 0 Å². The second kappa shape index (κ2) is 21.0. The number of hydrogen-bond acceptors (Lipinski definition) is 1. The van der Waals surface area contributed by atoms with Gasteiger partial charge in [0.1, 0.15) is 0 Å². The summed E-state index contributed by atoms with van der Waals surface area (Å²) in [4.78, 5) is 0. The molecule has 0 aromatic rings. The van der Waals surface area contributed by atoms with E-state index in [1.54, 1.807) is 0 Å². The normalized spacial score (nSPS) is 16.1. The van der Waals surface area contributed by atoms with Crippen LogP contribution in [0, 0.1) is 11.8 Å². The topological polar surface area (TPSA) is 12.0 Å². The van der Waals surface area contributed by atoms with E-state index in [1.807, 2.05) is 0 Å². The van der Waals surface area contributed by atoms with Crippen molar-refractivity contribution in [2.45, 2.75) is 112 Å². The number of nitrogens with one attached hydrogen (secondary N) is 1. The van der Waals surface area contributed by atoms with E-state index in [4.69, 9.17) is 0 Å². The highest BCUT2D eigenvalue weighted by Gasteiger charge is 1.96. The van der Waals surface area contributed by atoms with E-state index in [1.165, 1.54) is 83.7 Å². The first-order chi connectivity index (χ1) is 10.6. The summed E-state index contributed by atoms with van der Waals surface area (Å²) in [7, 11) is 0. The van der Waals surface area contributed by atoms with Gasteiger partial charge in [-0.3, -0.25) is 0 Å². The summed E-state index contributed by atoms with van der Waals surface area (Å²) >= 11 is 0. The molecule has 136 valence electrons. The fourth-order valence-electron chi connectivity index (χ4n) is 2.33. The SMILES string of the molecule is C1CCNC1.CCCCC(C)CC.CCCCCC(C)CC. The van der Waals surface area contributed by atoms with Crippen LogP contribution in [0.5, 0.6) is 0 Å². The van der Waals surface area contributed by atoms with E-state index in [9.17, 15) is 0 Å². The Morgan fingerprint density at radius 3 is 1.45 bits per heavy atom. The summed E-state index contributed by atoms with van der Waals surface area (Å²) in [6, 6.07) is 0. The Balaban J connectivity index is 0. The van der Waals surface area contributed by atoms with Crippen molar-refractivity contribution >= 4 is 0 Å². The van der Waals surface area contributed by atoms with Crippen molar-refractivity contribution in [2.75, 3.05) is 13.1 Å². The monoisotopic (exact) mass is 313 g/mol. The van der Waals surface area contributed by atoms with Crippen molar-refractivity contribution in [1.29, 1.82) is 0 Å². The van der Waals surface area contributed by atoms with E-state index in [0.717, 1.165) is 11.8 Å². The van der Waals surface area contributed by atoms with Gasteiger partial charge >= 0.3 is 0 Å². The molecule has 0 spiro atoms. The van der Waals surface area contributed by atoms with E-state index < -0.39 is 0 Å². The molecule has 1 N–H and O–H groups in total. The minimum atomic E-state index is 0.954. The van der Waals surface area contributed by atoms with E-state index in [0.29, 0.717) is 0 Å². The van der Waals surface area contributed by atoms with Crippen molar-refractivity contribution in [1.82, 2.24) is 5.32 Å². The second-order valence-electron chi connectivity index (χ2n) is 7.12. The fourth-order valence-corrected chi connectivity index (χ4v) is 2.33. The third kappa shape index (κ3) is 22.2. The van der Waals surface area contributed by atoms with Crippen LogP contribution < -0.4 is 5.32 Å². The maximum Gasteiger partial charge on any atom is -0.00484 e. The molecule has 0 saturated carbocycles. The summed E-state index contributed by atoms with van der Waals surface area (Å²) < 4.78 is 0. The molecule has 1 fully saturated rings. The summed E-state index contributed by atoms with van der Waals surface area (Å²) in [6.45, 7) is 16.2. The van der Waals surface area contributed by atoms with Gasteiger partial charge in [-0.05, 0) is 37.8 Å². The van der Waals surface area contributed by atoms with Crippen molar-refractivity contribution in [3.8, 4) is 0 Å². The van der Waals surface area contributed by atoms with Crippen LogP contribution in [0.4, 0.5) is 0 Å². The molecule has 0 aliphatic carbocycles. The van der Waals surface area contributed by atoms with Gasteiger partial charge in [0.25, 0.3) is 0 Å². The second-order valence-corrected chi connectivity index (χ2v) is 7.12. The summed E-state index contributed by atoms with van der Waals surface area (Å²) in [5, 5.41) is 3.22. The molecule has 2 atom stereocenters. The largest absolute Gasteiger partial charge is 0.317 e. The summed E-state index contributed by atoms with van der Waals surface area (Å²) in [5.74, 6) is 1.91. The van der Waals surface area contributed by atoms with Crippen LogP contribution in [0.15, 0.2) is 0 Å². The zero-order valence-electron chi connectivity index (χ0n) is 16.8. The molecule has 1 rings (SSSR count). The molecule has 1 heterocycles. The zero-order chi connectivity index (χ0) is 17.1. The Morgan fingerprint density at radius 2 is 1.14 bits per heavy atom.